The summed E-state index contributed by atoms with van der Waals surface area (Å²) in [7, 11) is 0. The Labute approximate surface area is 125 Å². The molecule has 1 heterocycles. The summed E-state index contributed by atoms with van der Waals surface area (Å²) in [5.74, 6) is 0.630. The molecule has 18 heavy (non-hydrogen) atoms. The minimum Gasteiger partial charge on any atom is -0.357 e. The van der Waals surface area contributed by atoms with Gasteiger partial charge < -0.3 is 10.2 Å². The van der Waals surface area contributed by atoms with E-state index in [-0.39, 0.29) is 24.0 Å². The first-order valence-electron chi connectivity index (χ1n) is 6.32. The Hall–Kier alpha value is -0.140. The number of nitrogens with zero attached hydrogens (tertiary/aromatic N) is 2. The first-order valence-corrected chi connectivity index (χ1v) is 6.32. The summed E-state index contributed by atoms with van der Waals surface area (Å²) in [6.45, 7) is 8.46. The third kappa shape index (κ3) is 5.24. The van der Waals surface area contributed by atoms with Gasteiger partial charge in [-0.3, -0.25) is 0 Å². The molecule has 1 unspecified atom stereocenters. The van der Waals surface area contributed by atoms with Crippen molar-refractivity contribution < 1.29 is 8.78 Å². The van der Waals surface area contributed by atoms with E-state index >= 15 is 0 Å². The van der Waals surface area contributed by atoms with E-state index in [2.05, 4.69) is 29.1 Å². The third-order valence-electron chi connectivity index (χ3n) is 3.42. The van der Waals surface area contributed by atoms with Crippen LogP contribution in [0, 0.1) is 5.41 Å². The van der Waals surface area contributed by atoms with Crippen molar-refractivity contribution in [3.63, 3.8) is 0 Å². The topological polar surface area (TPSA) is 27.6 Å². The molecule has 0 radical (unpaired) electrons. The Bertz CT molecular complexity index is 274. The highest BCUT2D eigenvalue weighted by molar-refractivity contribution is 14.0. The van der Waals surface area contributed by atoms with Crippen molar-refractivity contribution in [3.8, 4) is 0 Å². The fourth-order valence-corrected chi connectivity index (χ4v) is 2.07. The number of guanidine groups is 1. The van der Waals surface area contributed by atoms with Crippen LogP contribution in [0.15, 0.2) is 4.99 Å². The van der Waals surface area contributed by atoms with Crippen molar-refractivity contribution in [2.45, 2.75) is 40.0 Å². The van der Waals surface area contributed by atoms with Crippen LogP contribution in [0.1, 0.15) is 33.6 Å². The normalized spacial score (nSPS) is 24.3. The summed E-state index contributed by atoms with van der Waals surface area (Å²) < 4.78 is 24.4. The van der Waals surface area contributed by atoms with E-state index in [1.807, 2.05) is 6.92 Å². The lowest BCUT2D eigenvalue weighted by atomic mass is 9.87. The Balaban J connectivity index is 0.00000289. The van der Waals surface area contributed by atoms with E-state index in [0.717, 1.165) is 25.9 Å². The van der Waals surface area contributed by atoms with Gasteiger partial charge in [-0.2, -0.15) is 0 Å². The van der Waals surface area contributed by atoms with Gasteiger partial charge in [0.05, 0.1) is 0 Å². The lowest BCUT2D eigenvalue weighted by Gasteiger charge is -2.25. The molecule has 1 aliphatic heterocycles. The SMILES string of the molecule is CCNC(=NCC(F)F)N1CCC(C)(CC)C1.I. The van der Waals surface area contributed by atoms with Crippen molar-refractivity contribution >= 4 is 29.9 Å². The van der Waals surface area contributed by atoms with Crippen LogP contribution in [0.25, 0.3) is 0 Å². The van der Waals surface area contributed by atoms with Gasteiger partial charge in [-0.25, -0.2) is 13.8 Å². The average molecular weight is 375 g/mol. The molecule has 0 bridgehead atoms. The third-order valence-corrected chi connectivity index (χ3v) is 3.42. The maximum Gasteiger partial charge on any atom is 0.257 e. The number of hydrogen-bond acceptors (Lipinski definition) is 1. The second kappa shape index (κ2) is 8.12. The summed E-state index contributed by atoms with van der Waals surface area (Å²) in [6, 6.07) is 0. The van der Waals surface area contributed by atoms with Crippen LogP contribution in [0.3, 0.4) is 0 Å². The molecular formula is C12H24F2IN3. The second-order valence-electron chi connectivity index (χ2n) is 4.92. The molecule has 0 amide bonds. The summed E-state index contributed by atoms with van der Waals surface area (Å²) >= 11 is 0. The fourth-order valence-electron chi connectivity index (χ4n) is 2.07. The van der Waals surface area contributed by atoms with Gasteiger partial charge in [-0.1, -0.05) is 13.8 Å². The predicted octanol–water partition coefficient (Wildman–Crippen LogP) is 2.96. The zero-order valence-electron chi connectivity index (χ0n) is 11.4. The average Bonchev–Trinajstić information content (AvgIpc) is 2.68. The minimum absolute atomic E-state index is 0. The van der Waals surface area contributed by atoms with Gasteiger partial charge in [-0.05, 0) is 25.2 Å². The van der Waals surface area contributed by atoms with Crippen molar-refractivity contribution in [3.05, 3.63) is 0 Å². The highest BCUT2D eigenvalue weighted by Gasteiger charge is 2.33. The maximum absolute atomic E-state index is 12.2. The highest BCUT2D eigenvalue weighted by atomic mass is 127. The Kier molecular flexibility index (Phi) is 8.05. The Morgan fingerprint density at radius 2 is 2.11 bits per heavy atom. The van der Waals surface area contributed by atoms with Crippen molar-refractivity contribution in [1.29, 1.82) is 0 Å². The summed E-state index contributed by atoms with van der Waals surface area (Å²) in [4.78, 5) is 6.07. The molecule has 1 N–H and O–H groups in total. The predicted molar refractivity (Wildman–Crippen MR) is 82.0 cm³/mol. The van der Waals surface area contributed by atoms with Crippen LogP contribution in [0.4, 0.5) is 8.78 Å². The van der Waals surface area contributed by atoms with Gasteiger partial charge in [0.2, 0.25) is 0 Å². The van der Waals surface area contributed by atoms with Gasteiger partial charge in [0, 0.05) is 19.6 Å². The van der Waals surface area contributed by atoms with Gasteiger partial charge in [0.25, 0.3) is 6.43 Å². The molecular weight excluding hydrogens is 351 g/mol. The monoisotopic (exact) mass is 375 g/mol. The quantitative estimate of drug-likeness (QED) is 0.465. The van der Waals surface area contributed by atoms with Crippen LogP contribution in [-0.4, -0.2) is 43.5 Å². The van der Waals surface area contributed by atoms with E-state index in [4.69, 9.17) is 0 Å². The van der Waals surface area contributed by atoms with E-state index in [0.29, 0.717) is 17.9 Å². The van der Waals surface area contributed by atoms with E-state index in [1.54, 1.807) is 0 Å². The lowest BCUT2D eigenvalue weighted by molar-refractivity contribution is 0.158. The molecule has 0 spiro atoms. The van der Waals surface area contributed by atoms with Crippen LogP contribution < -0.4 is 5.32 Å². The van der Waals surface area contributed by atoms with Crippen LogP contribution in [0.2, 0.25) is 0 Å². The maximum atomic E-state index is 12.2. The van der Waals surface area contributed by atoms with Gasteiger partial charge >= 0.3 is 0 Å². The molecule has 0 aromatic carbocycles. The first-order chi connectivity index (χ1) is 8.00. The molecule has 1 aliphatic rings. The zero-order chi connectivity index (χ0) is 12.9. The fraction of sp³-hybridized carbons (Fsp3) is 0.917. The molecule has 108 valence electrons. The van der Waals surface area contributed by atoms with Crippen molar-refractivity contribution in [1.82, 2.24) is 10.2 Å². The number of nitrogens with one attached hydrogen (secondary N) is 1. The van der Waals surface area contributed by atoms with Crippen molar-refractivity contribution in [2.24, 2.45) is 10.4 Å². The van der Waals surface area contributed by atoms with Crippen LogP contribution in [0.5, 0.6) is 0 Å². The van der Waals surface area contributed by atoms with E-state index < -0.39 is 13.0 Å². The summed E-state index contributed by atoms with van der Waals surface area (Å²) in [5.41, 5.74) is 0.293. The number of likely N-dealkylation sites (tertiary alicyclic amines) is 1. The lowest BCUT2D eigenvalue weighted by Crippen LogP contribution is -2.41. The molecule has 1 rings (SSSR count). The molecule has 6 heteroatoms. The summed E-state index contributed by atoms with van der Waals surface area (Å²) in [5, 5.41) is 3.08. The largest absolute Gasteiger partial charge is 0.357 e. The highest BCUT2D eigenvalue weighted by Crippen LogP contribution is 2.32. The molecule has 0 aromatic heterocycles. The first kappa shape index (κ1) is 17.9. The number of aliphatic imine (C=N–C) groups is 1. The molecule has 0 saturated carbocycles. The second-order valence-corrected chi connectivity index (χ2v) is 4.92. The molecule has 1 saturated heterocycles. The zero-order valence-corrected chi connectivity index (χ0v) is 13.7. The summed E-state index contributed by atoms with van der Waals surface area (Å²) in [6.07, 6.45) is -0.163. The number of rotatable bonds is 4. The van der Waals surface area contributed by atoms with Crippen LogP contribution in [-0.2, 0) is 0 Å². The van der Waals surface area contributed by atoms with Crippen molar-refractivity contribution in [2.75, 3.05) is 26.2 Å². The van der Waals surface area contributed by atoms with Gasteiger partial charge in [0.15, 0.2) is 5.96 Å². The van der Waals surface area contributed by atoms with Crippen LogP contribution >= 0.6 is 24.0 Å². The standard InChI is InChI=1S/C12H23F2N3.HI/c1-4-12(3)6-7-17(9-12)11(15-5-2)16-8-10(13)14;/h10H,4-9H2,1-3H3,(H,15,16);1H. The van der Waals surface area contributed by atoms with E-state index in [1.165, 1.54) is 0 Å². The molecule has 3 nitrogen and oxygen atoms in total. The van der Waals surface area contributed by atoms with Gasteiger partial charge in [0.1, 0.15) is 6.54 Å². The Morgan fingerprint density at radius 1 is 1.44 bits per heavy atom. The molecule has 1 fully saturated rings. The van der Waals surface area contributed by atoms with E-state index in [9.17, 15) is 8.78 Å². The molecule has 0 aliphatic carbocycles. The minimum atomic E-state index is -2.37. The number of hydrogen-bond donors (Lipinski definition) is 1. The van der Waals surface area contributed by atoms with Gasteiger partial charge in [-0.15, -0.1) is 24.0 Å². The molecule has 0 aromatic rings. The smallest absolute Gasteiger partial charge is 0.257 e. The number of halogens is 3. The molecule has 1 atom stereocenters. The number of alkyl halides is 2. The Morgan fingerprint density at radius 3 is 2.56 bits per heavy atom.